The number of hydrogen-bond donors (Lipinski definition) is 1. The molecule has 0 bridgehead atoms. The summed E-state index contributed by atoms with van der Waals surface area (Å²) in [6.07, 6.45) is 6.36. The highest BCUT2D eigenvalue weighted by Gasteiger charge is 2.31. The molecule has 3 unspecified atom stereocenters. The molecular weight excluding hydrogens is 250 g/mol. The van der Waals surface area contributed by atoms with E-state index in [0.29, 0.717) is 12.5 Å². The zero-order valence-corrected chi connectivity index (χ0v) is 12.7. The van der Waals surface area contributed by atoms with Crippen molar-refractivity contribution in [3.63, 3.8) is 0 Å². The van der Waals surface area contributed by atoms with Gasteiger partial charge >= 0.3 is 0 Å². The van der Waals surface area contributed by atoms with Crippen LogP contribution in [0.3, 0.4) is 0 Å². The Balaban J connectivity index is 2.07. The number of rotatable bonds is 6. The Bertz CT molecular complexity index is 408. The van der Waals surface area contributed by atoms with Gasteiger partial charge in [-0.15, -0.1) is 0 Å². The van der Waals surface area contributed by atoms with Crippen LogP contribution in [0.1, 0.15) is 39.0 Å². The summed E-state index contributed by atoms with van der Waals surface area (Å²) in [6.45, 7) is 2.96. The molecule has 1 aromatic carbocycles. The lowest BCUT2D eigenvalue weighted by atomic mass is 9.78. The van der Waals surface area contributed by atoms with Gasteiger partial charge in [0.15, 0.2) is 11.5 Å². The molecular formula is C17H27NO2. The zero-order chi connectivity index (χ0) is 14.4. The maximum Gasteiger partial charge on any atom is 0.161 e. The minimum atomic E-state index is 0.224. The van der Waals surface area contributed by atoms with Gasteiger partial charge in [-0.3, -0.25) is 0 Å². The van der Waals surface area contributed by atoms with E-state index in [9.17, 15) is 0 Å². The van der Waals surface area contributed by atoms with Crippen molar-refractivity contribution in [1.29, 1.82) is 0 Å². The summed E-state index contributed by atoms with van der Waals surface area (Å²) in [5.41, 5.74) is 5.93. The fraction of sp³-hybridized carbons (Fsp3) is 0.647. The molecule has 20 heavy (non-hydrogen) atoms. The predicted octanol–water partition coefficient (Wildman–Crippen LogP) is 3.62. The Morgan fingerprint density at radius 2 is 1.95 bits per heavy atom. The largest absolute Gasteiger partial charge is 0.493 e. The van der Waals surface area contributed by atoms with Crippen LogP contribution in [0.25, 0.3) is 0 Å². The molecule has 0 radical (unpaired) electrons. The molecule has 1 aliphatic rings. The minimum Gasteiger partial charge on any atom is -0.493 e. The molecule has 0 saturated heterocycles. The van der Waals surface area contributed by atoms with Crippen molar-refractivity contribution in [1.82, 2.24) is 0 Å². The van der Waals surface area contributed by atoms with Gasteiger partial charge in [0.2, 0.25) is 0 Å². The SMILES string of the molecule is CCCC1CCC(CN)C(Oc2ccccc2OC)C1. The standard InChI is InChI=1S/C17H27NO2/c1-3-6-13-9-10-14(12-18)17(11-13)20-16-8-5-4-7-15(16)19-2/h4-5,7-8,13-14,17H,3,6,9-12,18H2,1-2H3. The van der Waals surface area contributed by atoms with E-state index in [2.05, 4.69) is 6.92 Å². The highest BCUT2D eigenvalue weighted by atomic mass is 16.5. The number of methoxy groups -OCH3 is 1. The smallest absolute Gasteiger partial charge is 0.161 e. The maximum atomic E-state index is 6.25. The Labute approximate surface area is 122 Å². The summed E-state index contributed by atoms with van der Waals surface area (Å²) in [5.74, 6) is 2.90. The first-order chi connectivity index (χ1) is 9.78. The fourth-order valence-electron chi connectivity index (χ4n) is 3.24. The molecule has 1 aromatic rings. The summed E-state index contributed by atoms with van der Waals surface area (Å²) in [7, 11) is 1.68. The number of nitrogens with two attached hydrogens (primary N) is 1. The van der Waals surface area contributed by atoms with Crippen LogP contribution >= 0.6 is 0 Å². The molecule has 0 spiro atoms. The number of hydrogen-bond acceptors (Lipinski definition) is 3. The van der Waals surface area contributed by atoms with Crippen molar-refractivity contribution >= 4 is 0 Å². The monoisotopic (exact) mass is 277 g/mol. The van der Waals surface area contributed by atoms with Gasteiger partial charge in [0.05, 0.1) is 7.11 Å². The van der Waals surface area contributed by atoms with Crippen LogP contribution < -0.4 is 15.2 Å². The average molecular weight is 277 g/mol. The Hall–Kier alpha value is -1.22. The van der Waals surface area contributed by atoms with Crippen LogP contribution in [0, 0.1) is 11.8 Å². The second kappa shape index (κ2) is 7.53. The lowest BCUT2D eigenvalue weighted by Gasteiger charge is -2.36. The van der Waals surface area contributed by atoms with E-state index in [1.807, 2.05) is 24.3 Å². The van der Waals surface area contributed by atoms with Crippen LogP contribution in [0.4, 0.5) is 0 Å². The fourth-order valence-corrected chi connectivity index (χ4v) is 3.24. The minimum absolute atomic E-state index is 0.224. The van der Waals surface area contributed by atoms with E-state index in [1.54, 1.807) is 7.11 Å². The van der Waals surface area contributed by atoms with E-state index in [-0.39, 0.29) is 6.10 Å². The van der Waals surface area contributed by atoms with E-state index in [0.717, 1.165) is 23.8 Å². The molecule has 0 aliphatic heterocycles. The van der Waals surface area contributed by atoms with Crippen molar-refractivity contribution in [3.8, 4) is 11.5 Å². The number of para-hydroxylation sites is 2. The van der Waals surface area contributed by atoms with E-state index in [1.165, 1.54) is 25.7 Å². The third kappa shape index (κ3) is 3.66. The summed E-state index contributed by atoms with van der Waals surface area (Å²) < 4.78 is 11.6. The van der Waals surface area contributed by atoms with Crippen LogP contribution in [-0.2, 0) is 0 Å². The van der Waals surface area contributed by atoms with Gasteiger partial charge in [0.1, 0.15) is 6.10 Å². The van der Waals surface area contributed by atoms with Crippen molar-refractivity contribution in [3.05, 3.63) is 24.3 Å². The Kier molecular flexibility index (Phi) is 5.72. The van der Waals surface area contributed by atoms with Crippen LogP contribution in [-0.4, -0.2) is 19.8 Å². The highest BCUT2D eigenvalue weighted by molar-refractivity contribution is 5.39. The normalized spacial score (nSPS) is 26.2. The van der Waals surface area contributed by atoms with Crippen molar-refractivity contribution in [2.75, 3.05) is 13.7 Å². The van der Waals surface area contributed by atoms with Crippen LogP contribution in [0.15, 0.2) is 24.3 Å². The Morgan fingerprint density at radius 1 is 1.20 bits per heavy atom. The summed E-state index contributed by atoms with van der Waals surface area (Å²) in [5, 5.41) is 0. The molecule has 3 atom stereocenters. The molecule has 2 N–H and O–H groups in total. The third-order valence-corrected chi connectivity index (χ3v) is 4.38. The third-order valence-electron chi connectivity index (χ3n) is 4.38. The van der Waals surface area contributed by atoms with E-state index in [4.69, 9.17) is 15.2 Å². The molecule has 1 saturated carbocycles. The first kappa shape index (κ1) is 15.2. The van der Waals surface area contributed by atoms with Crippen LogP contribution in [0.2, 0.25) is 0 Å². The van der Waals surface area contributed by atoms with Crippen molar-refractivity contribution in [2.45, 2.75) is 45.1 Å². The Morgan fingerprint density at radius 3 is 2.60 bits per heavy atom. The average Bonchev–Trinajstić information content (AvgIpc) is 2.48. The molecule has 1 aliphatic carbocycles. The molecule has 0 amide bonds. The molecule has 0 aromatic heterocycles. The van der Waals surface area contributed by atoms with Crippen molar-refractivity contribution in [2.24, 2.45) is 17.6 Å². The van der Waals surface area contributed by atoms with Gasteiger partial charge in [-0.2, -0.15) is 0 Å². The molecule has 112 valence electrons. The second-order valence-corrected chi connectivity index (χ2v) is 5.77. The molecule has 1 fully saturated rings. The molecule has 0 heterocycles. The first-order valence-corrected chi connectivity index (χ1v) is 7.78. The van der Waals surface area contributed by atoms with Gasteiger partial charge in [-0.1, -0.05) is 31.9 Å². The lowest BCUT2D eigenvalue weighted by Crippen LogP contribution is -2.38. The van der Waals surface area contributed by atoms with Gasteiger partial charge in [0, 0.05) is 5.92 Å². The topological polar surface area (TPSA) is 44.5 Å². The van der Waals surface area contributed by atoms with Gasteiger partial charge in [-0.05, 0) is 43.9 Å². The zero-order valence-electron chi connectivity index (χ0n) is 12.7. The molecule has 3 heteroatoms. The van der Waals surface area contributed by atoms with E-state index < -0.39 is 0 Å². The quantitative estimate of drug-likeness (QED) is 0.863. The summed E-state index contributed by atoms with van der Waals surface area (Å²) >= 11 is 0. The van der Waals surface area contributed by atoms with Gasteiger partial charge in [-0.25, -0.2) is 0 Å². The van der Waals surface area contributed by atoms with Crippen molar-refractivity contribution < 1.29 is 9.47 Å². The summed E-state index contributed by atoms with van der Waals surface area (Å²) in [4.78, 5) is 0. The molecule has 3 nitrogen and oxygen atoms in total. The second-order valence-electron chi connectivity index (χ2n) is 5.77. The number of benzene rings is 1. The predicted molar refractivity (Wildman–Crippen MR) is 82.2 cm³/mol. The van der Waals surface area contributed by atoms with Gasteiger partial charge < -0.3 is 15.2 Å². The first-order valence-electron chi connectivity index (χ1n) is 7.78. The molecule has 2 rings (SSSR count). The highest BCUT2D eigenvalue weighted by Crippen LogP contribution is 2.36. The number of ether oxygens (including phenoxy) is 2. The lowest BCUT2D eigenvalue weighted by molar-refractivity contribution is 0.0645. The van der Waals surface area contributed by atoms with Crippen LogP contribution in [0.5, 0.6) is 11.5 Å². The van der Waals surface area contributed by atoms with E-state index >= 15 is 0 Å². The summed E-state index contributed by atoms with van der Waals surface area (Å²) in [6, 6.07) is 7.88. The van der Waals surface area contributed by atoms with Gasteiger partial charge in [0.25, 0.3) is 0 Å². The maximum absolute atomic E-state index is 6.25.